The summed E-state index contributed by atoms with van der Waals surface area (Å²) in [5.41, 5.74) is 4.69. The number of aromatic nitrogens is 2. The maximum Gasteiger partial charge on any atom is 0.265 e. The number of nitrogens with zero attached hydrogens (tertiary/aromatic N) is 3. The molecule has 118 valence electrons. The summed E-state index contributed by atoms with van der Waals surface area (Å²) >= 11 is 1.45. The SMILES string of the molecule is CCc1nocc1CN(C)C(=O)c1scnc1C1CCCC1. The van der Waals surface area contributed by atoms with Crippen molar-refractivity contribution in [1.82, 2.24) is 15.0 Å². The van der Waals surface area contributed by atoms with E-state index in [0.29, 0.717) is 12.5 Å². The number of hydrogen-bond acceptors (Lipinski definition) is 5. The summed E-state index contributed by atoms with van der Waals surface area (Å²) < 4.78 is 5.02. The van der Waals surface area contributed by atoms with Crippen molar-refractivity contribution >= 4 is 17.2 Å². The number of carbonyl (C=O) groups excluding carboxylic acids is 1. The van der Waals surface area contributed by atoms with E-state index in [1.54, 1.807) is 16.7 Å². The van der Waals surface area contributed by atoms with Gasteiger partial charge in [-0.1, -0.05) is 24.9 Å². The third-order valence-electron chi connectivity index (χ3n) is 4.35. The highest BCUT2D eigenvalue weighted by atomic mass is 32.1. The van der Waals surface area contributed by atoms with Gasteiger partial charge in [0.15, 0.2) is 0 Å². The van der Waals surface area contributed by atoms with Crippen molar-refractivity contribution in [1.29, 1.82) is 0 Å². The Morgan fingerprint density at radius 3 is 2.95 bits per heavy atom. The van der Waals surface area contributed by atoms with E-state index in [4.69, 9.17) is 4.52 Å². The second-order valence-corrected chi connectivity index (χ2v) is 6.70. The van der Waals surface area contributed by atoms with Gasteiger partial charge in [-0.05, 0) is 19.3 Å². The summed E-state index contributed by atoms with van der Waals surface area (Å²) in [5, 5.41) is 3.97. The molecule has 0 spiro atoms. The van der Waals surface area contributed by atoms with E-state index >= 15 is 0 Å². The Morgan fingerprint density at radius 1 is 1.45 bits per heavy atom. The molecule has 1 amide bonds. The van der Waals surface area contributed by atoms with Crippen LogP contribution in [0.3, 0.4) is 0 Å². The van der Waals surface area contributed by atoms with Crippen LogP contribution in [0.2, 0.25) is 0 Å². The highest BCUT2D eigenvalue weighted by molar-refractivity contribution is 7.11. The number of hydrogen-bond donors (Lipinski definition) is 0. The molecule has 22 heavy (non-hydrogen) atoms. The van der Waals surface area contributed by atoms with Crippen LogP contribution in [0.15, 0.2) is 16.3 Å². The van der Waals surface area contributed by atoms with Gasteiger partial charge < -0.3 is 9.42 Å². The number of carbonyl (C=O) groups is 1. The second kappa shape index (κ2) is 6.60. The van der Waals surface area contributed by atoms with E-state index in [9.17, 15) is 4.79 Å². The average molecular weight is 319 g/mol. The fraction of sp³-hybridized carbons (Fsp3) is 0.562. The molecule has 6 heteroatoms. The molecule has 5 nitrogen and oxygen atoms in total. The van der Waals surface area contributed by atoms with Gasteiger partial charge in [0.05, 0.1) is 23.4 Å². The van der Waals surface area contributed by atoms with Crippen LogP contribution < -0.4 is 0 Å². The van der Waals surface area contributed by atoms with Crippen LogP contribution in [-0.2, 0) is 13.0 Å². The molecular weight excluding hydrogens is 298 g/mol. The zero-order chi connectivity index (χ0) is 15.5. The van der Waals surface area contributed by atoms with E-state index in [1.165, 1.54) is 24.2 Å². The number of rotatable bonds is 5. The van der Waals surface area contributed by atoms with Crippen molar-refractivity contribution in [2.75, 3.05) is 7.05 Å². The molecule has 1 fully saturated rings. The number of aryl methyl sites for hydroxylation is 1. The van der Waals surface area contributed by atoms with Crippen molar-refractivity contribution in [3.8, 4) is 0 Å². The molecule has 3 rings (SSSR count). The fourth-order valence-corrected chi connectivity index (χ4v) is 3.97. The Kier molecular flexibility index (Phi) is 4.57. The smallest absolute Gasteiger partial charge is 0.265 e. The van der Waals surface area contributed by atoms with Gasteiger partial charge in [-0.3, -0.25) is 4.79 Å². The molecule has 0 unspecified atom stereocenters. The number of amides is 1. The van der Waals surface area contributed by atoms with Crippen molar-refractivity contribution in [2.24, 2.45) is 0 Å². The zero-order valence-corrected chi connectivity index (χ0v) is 13.9. The predicted octanol–water partition coefficient (Wildman–Crippen LogP) is 3.62. The summed E-state index contributed by atoms with van der Waals surface area (Å²) in [5.74, 6) is 0.507. The maximum absolute atomic E-state index is 12.8. The highest BCUT2D eigenvalue weighted by Crippen LogP contribution is 2.36. The normalized spacial score (nSPS) is 15.4. The summed E-state index contributed by atoms with van der Waals surface area (Å²) in [6, 6.07) is 0. The lowest BCUT2D eigenvalue weighted by Gasteiger charge is -2.17. The molecular formula is C16H21N3O2S. The highest BCUT2D eigenvalue weighted by Gasteiger charge is 2.27. The molecule has 0 N–H and O–H groups in total. The standard InChI is InChI=1S/C16H21N3O2S/c1-3-13-12(9-21-18-13)8-19(2)16(20)15-14(17-10-22-15)11-6-4-5-7-11/h9-11H,3-8H2,1-2H3. The van der Waals surface area contributed by atoms with E-state index in [0.717, 1.165) is 41.1 Å². The molecule has 0 aromatic carbocycles. The largest absolute Gasteiger partial charge is 0.364 e. The Morgan fingerprint density at radius 2 is 2.23 bits per heavy atom. The Balaban J connectivity index is 1.75. The monoisotopic (exact) mass is 319 g/mol. The molecule has 0 aliphatic heterocycles. The molecule has 1 saturated carbocycles. The van der Waals surface area contributed by atoms with Gasteiger partial charge in [0, 0.05) is 18.5 Å². The topological polar surface area (TPSA) is 59.2 Å². The quantitative estimate of drug-likeness (QED) is 0.844. The lowest BCUT2D eigenvalue weighted by atomic mass is 10.0. The molecule has 2 aromatic heterocycles. The molecule has 0 radical (unpaired) electrons. The lowest BCUT2D eigenvalue weighted by Crippen LogP contribution is -2.26. The Hall–Kier alpha value is -1.69. The van der Waals surface area contributed by atoms with Gasteiger partial charge in [0.2, 0.25) is 0 Å². The number of thiazole rings is 1. The molecule has 0 saturated heterocycles. The molecule has 2 heterocycles. The van der Waals surface area contributed by atoms with Gasteiger partial charge >= 0.3 is 0 Å². The van der Waals surface area contributed by atoms with Gasteiger partial charge in [-0.25, -0.2) is 4.98 Å². The molecule has 0 bridgehead atoms. The second-order valence-electron chi connectivity index (χ2n) is 5.85. The van der Waals surface area contributed by atoms with Crippen LogP contribution in [0.25, 0.3) is 0 Å². The predicted molar refractivity (Wildman–Crippen MR) is 85.0 cm³/mol. The van der Waals surface area contributed by atoms with E-state index < -0.39 is 0 Å². The van der Waals surface area contributed by atoms with Crippen LogP contribution >= 0.6 is 11.3 Å². The summed E-state index contributed by atoms with van der Waals surface area (Å²) in [6.07, 6.45) is 7.23. The lowest BCUT2D eigenvalue weighted by molar-refractivity contribution is 0.0787. The summed E-state index contributed by atoms with van der Waals surface area (Å²) in [4.78, 5) is 19.8. The van der Waals surface area contributed by atoms with Gasteiger partial charge in [-0.2, -0.15) is 0 Å². The van der Waals surface area contributed by atoms with Crippen LogP contribution in [0.1, 0.15) is 65.1 Å². The third-order valence-corrected chi connectivity index (χ3v) is 5.18. The first-order valence-corrected chi connectivity index (χ1v) is 8.69. The van der Waals surface area contributed by atoms with Crippen LogP contribution in [-0.4, -0.2) is 28.0 Å². The van der Waals surface area contributed by atoms with Gasteiger partial charge in [-0.15, -0.1) is 11.3 Å². The Bertz CT molecular complexity index is 643. The van der Waals surface area contributed by atoms with Crippen LogP contribution in [0, 0.1) is 0 Å². The first kappa shape index (κ1) is 15.2. The average Bonchev–Trinajstić information content (AvgIpc) is 3.26. The Labute approximate surface area is 134 Å². The minimum atomic E-state index is 0.0488. The van der Waals surface area contributed by atoms with Crippen molar-refractivity contribution in [3.05, 3.63) is 33.6 Å². The zero-order valence-electron chi connectivity index (χ0n) is 13.0. The summed E-state index contributed by atoms with van der Waals surface area (Å²) in [7, 11) is 1.83. The van der Waals surface area contributed by atoms with Crippen molar-refractivity contribution in [3.63, 3.8) is 0 Å². The maximum atomic E-state index is 12.8. The fourth-order valence-electron chi connectivity index (χ4n) is 3.11. The summed E-state index contributed by atoms with van der Waals surface area (Å²) in [6.45, 7) is 2.55. The first-order chi connectivity index (χ1) is 10.7. The van der Waals surface area contributed by atoms with Crippen molar-refractivity contribution < 1.29 is 9.32 Å². The van der Waals surface area contributed by atoms with E-state index in [2.05, 4.69) is 10.1 Å². The third kappa shape index (κ3) is 2.92. The molecule has 1 aliphatic rings. The van der Waals surface area contributed by atoms with Crippen molar-refractivity contribution in [2.45, 2.75) is 51.5 Å². The van der Waals surface area contributed by atoms with Crippen LogP contribution in [0.4, 0.5) is 0 Å². The van der Waals surface area contributed by atoms with Gasteiger partial charge in [0.25, 0.3) is 5.91 Å². The van der Waals surface area contributed by atoms with E-state index in [-0.39, 0.29) is 5.91 Å². The minimum Gasteiger partial charge on any atom is -0.364 e. The molecule has 2 aromatic rings. The first-order valence-electron chi connectivity index (χ1n) is 7.81. The van der Waals surface area contributed by atoms with Crippen LogP contribution in [0.5, 0.6) is 0 Å². The molecule has 1 aliphatic carbocycles. The minimum absolute atomic E-state index is 0.0488. The van der Waals surface area contributed by atoms with Gasteiger partial charge in [0.1, 0.15) is 11.1 Å². The van der Waals surface area contributed by atoms with E-state index in [1.807, 2.05) is 14.0 Å². The molecule has 0 atom stereocenters.